The van der Waals surface area contributed by atoms with Crippen LogP contribution in [0.25, 0.3) is 0 Å². The van der Waals surface area contributed by atoms with Gasteiger partial charge in [-0.3, -0.25) is 4.79 Å². The molecule has 0 bridgehead atoms. The molecule has 1 heterocycles. The number of esters is 1. The molecule has 1 aliphatic heterocycles. The van der Waals surface area contributed by atoms with Crippen molar-refractivity contribution in [2.45, 2.75) is 43.3 Å². The van der Waals surface area contributed by atoms with Gasteiger partial charge in [0, 0.05) is 18.9 Å². The molecule has 1 saturated heterocycles. The molecule has 20 heavy (non-hydrogen) atoms. The lowest BCUT2D eigenvalue weighted by Gasteiger charge is -2.39. The predicted molar refractivity (Wildman–Crippen MR) is 70.7 cm³/mol. The van der Waals surface area contributed by atoms with Gasteiger partial charge in [0.05, 0.1) is 25.1 Å². The lowest BCUT2D eigenvalue weighted by molar-refractivity contribution is -0.177. The van der Waals surface area contributed by atoms with Crippen molar-refractivity contribution in [3.63, 3.8) is 0 Å². The van der Waals surface area contributed by atoms with E-state index >= 15 is 0 Å². The number of hydrogen-bond donors (Lipinski definition) is 1. The van der Waals surface area contributed by atoms with Crippen LogP contribution in [0.3, 0.4) is 0 Å². The van der Waals surface area contributed by atoms with Crippen LogP contribution in [0.5, 0.6) is 0 Å². The van der Waals surface area contributed by atoms with Crippen molar-refractivity contribution >= 4 is 15.8 Å². The maximum Gasteiger partial charge on any atom is 0.321 e. The molecular formula is C12H21NO6S. The third kappa shape index (κ3) is 3.30. The Morgan fingerprint density at radius 1 is 1.40 bits per heavy atom. The fourth-order valence-corrected chi connectivity index (χ4v) is 4.56. The molecule has 2 N–H and O–H groups in total. The van der Waals surface area contributed by atoms with Gasteiger partial charge in [0.2, 0.25) is 0 Å². The molecule has 1 saturated carbocycles. The number of carbonyl (C=O) groups is 1. The largest absolute Gasteiger partial charge is 0.465 e. The molecule has 2 fully saturated rings. The van der Waals surface area contributed by atoms with Crippen LogP contribution in [-0.4, -0.2) is 57.0 Å². The third-order valence-corrected chi connectivity index (χ3v) is 5.82. The average molecular weight is 307 g/mol. The predicted octanol–water partition coefficient (Wildman–Crippen LogP) is -0.413. The maximum atomic E-state index is 12.3. The highest BCUT2D eigenvalue weighted by atomic mass is 32.2. The molecule has 2 atom stereocenters. The molecule has 0 amide bonds. The van der Waals surface area contributed by atoms with Gasteiger partial charge in [-0.1, -0.05) is 0 Å². The summed E-state index contributed by atoms with van der Waals surface area (Å²) in [6.07, 6.45) is 1.25. The Hall–Kier alpha value is -0.700. The molecule has 0 aromatic rings. The Kier molecular flexibility index (Phi) is 4.68. The van der Waals surface area contributed by atoms with Crippen LogP contribution in [0.15, 0.2) is 0 Å². The SMILES string of the molecule is CCOC(=O)CS(=O)(=O)C1CC2(CCC1N)OCCO2. The van der Waals surface area contributed by atoms with E-state index in [-0.39, 0.29) is 13.0 Å². The first kappa shape index (κ1) is 15.7. The molecule has 116 valence electrons. The Morgan fingerprint density at radius 2 is 2.05 bits per heavy atom. The lowest BCUT2D eigenvalue weighted by atomic mass is 9.90. The average Bonchev–Trinajstić information content (AvgIpc) is 2.81. The quantitative estimate of drug-likeness (QED) is 0.704. The van der Waals surface area contributed by atoms with Gasteiger partial charge < -0.3 is 19.9 Å². The summed E-state index contributed by atoms with van der Waals surface area (Å²) in [6, 6.07) is -0.507. The summed E-state index contributed by atoms with van der Waals surface area (Å²) >= 11 is 0. The van der Waals surface area contributed by atoms with E-state index in [4.69, 9.17) is 19.9 Å². The van der Waals surface area contributed by atoms with Gasteiger partial charge in [0.25, 0.3) is 0 Å². The summed E-state index contributed by atoms with van der Waals surface area (Å²) in [4.78, 5) is 11.4. The van der Waals surface area contributed by atoms with Crippen molar-refractivity contribution in [3.8, 4) is 0 Å². The van der Waals surface area contributed by atoms with Gasteiger partial charge in [0.1, 0.15) is 5.75 Å². The molecule has 1 spiro atoms. The van der Waals surface area contributed by atoms with Crippen LogP contribution in [0.1, 0.15) is 26.2 Å². The van der Waals surface area contributed by atoms with Crippen molar-refractivity contribution < 1.29 is 27.4 Å². The normalized spacial score (nSPS) is 29.5. The molecule has 1 aliphatic carbocycles. The van der Waals surface area contributed by atoms with Crippen LogP contribution >= 0.6 is 0 Å². The van der Waals surface area contributed by atoms with Gasteiger partial charge in [-0.2, -0.15) is 0 Å². The summed E-state index contributed by atoms with van der Waals surface area (Å²) < 4.78 is 40.5. The van der Waals surface area contributed by atoms with Gasteiger partial charge in [0.15, 0.2) is 15.6 Å². The van der Waals surface area contributed by atoms with Gasteiger partial charge in [-0.15, -0.1) is 0 Å². The second-order valence-electron chi connectivity index (χ2n) is 5.16. The van der Waals surface area contributed by atoms with E-state index in [0.29, 0.717) is 26.1 Å². The van der Waals surface area contributed by atoms with Crippen LogP contribution in [0.2, 0.25) is 0 Å². The zero-order chi connectivity index (χ0) is 14.8. The van der Waals surface area contributed by atoms with Crippen LogP contribution < -0.4 is 5.73 Å². The highest BCUT2D eigenvalue weighted by Crippen LogP contribution is 2.38. The zero-order valence-corrected chi connectivity index (χ0v) is 12.4. The highest BCUT2D eigenvalue weighted by molar-refractivity contribution is 7.92. The minimum atomic E-state index is -3.68. The number of hydrogen-bond acceptors (Lipinski definition) is 7. The van der Waals surface area contributed by atoms with Crippen LogP contribution in [0, 0.1) is 0 Å². The van der Waals surface area contributed by atoms with E-state index in [2.05, 4.69) is 0 Å². The van der Waals surface area contributed by atoms with Crippen molar-refractivity contribution in [1.29, 1.82) is 0 Å². The molecule has 0 aromatic carbocycles. The fraction of sp³-hybridized carbons (Fsp3) is 0.917. The maximum absolute atomic E-state index is 12.3. The molecule has 2 rings (SSSR count). The number of nitrogens with two attached hydrogens (primary N) is 1. The zero-order valence-electron chi connectivity index (χ0n) is 11.5. The Balaban J connectivity index is 2.10. The van der Waals surface area contributed by atoms with Crippen molar-refractivity contribution in [2.24, 2.45) is 5.73 Å². The smallest absolute Gasteiger partial charge is 0.321 e. The number of sulfone groups is 1. The molecule has 0 radical (unpaired) electrons. The van der Waals surface area contributed by atoms with E-state index in [0.717, 1.165) is 0 Å². The topological polar surface area (TPSA) is 105 Å². The second kappa shape index (κ2) is 5.97. The van der Waals surface area contributed by atoms with E-state index in [1.165, 1.54) is 0 Å². The van der Waals surface area contributed by atoms with E-state index in [1.807, 2.05) is 0 Å². The second-order valence-corrected chi connectivity index (χ2v) is 7.38. The standard InChI is InChI=1S/C12H21NO6S/c1-2-17-11(14)8-20(15,16)10-7-12(4-3-9(10)13)18-5-6-19-12/h9-10H,2-8,13H2,1H3. The number of rotatable bonds is 4. The van der Waals surface area contributed by atoms with E-state index in [1.54, 1.807) is 6.92 Å². The van der Waals surface area contributed by atoms with Crippen molar-refractivity contribution in [1.82, 2.24) is 0 Å². The van der Waals surface area contributed by atoms with E-state index in [9.17, 15) is 13.2 Å². The monoisotopic (exact) mass is 307 g/mol. The van der Waals surface area contributed by atoms with E-state index < -0.39 is 38.6 Å². The molecule has 2 unspecified atom stereocenters. The molecular weight excluding hydrogens is 286 g/mol. The first-order valence-corrected chi connectivity index (χ1v) is 8.51. The number of ether oxygens (including phenoxy) is 3. The molecule has 2 aliphatic rings. The van der Waals surface area contributed by atoms with Crippen LogP contribution in [0.4, 0.5) is 0 Å². The first-order chi connectivity index (χ1) is 9.38. The Bertz CT molecular complexity index is 457. The molecule has 8 heteroatoms. The minimum Gasteiger partial charge on any atom is -0.465 e. The van der Waals surface area contributed by atoms with Gasteiger partial charge in [-0.05, 0) is 13.3 Å². The Labute approximate surface area is 118 Å². The van der Waals surface area contributed by atoms with Crippen LogP contribution in [-0.2, 0) is 28.8 Å². The third-order valence-electron chi connectivity index (χ3n) is 3.75. The van der Waals surface area contributed by atoms with Crippen molar-refractivity contribution in [2.75, 3.05) is 25.6 Å². The fourth-order valence-electron chi connectivity index (χ4n) is 2.76. The highest BCUT2D eigenvalue weighted by Gasteiger charge is 2.48. The Morgan fingerprint density at radius 3 is 2.65 bits per heavy atom. The summed E-state index contributed by atoms with van der Waals surface area (Å²) in [7, 11) is -3.68. The molecule has 0 aromatic heterocycles. The lowest BCUT2D eigenvalue weighted by Crippen LogP contribution is -2.53. The summed E-state index contributed by atoms with van der Waals surface area (Å²) in [6.45, 7) is 2.70. The van der Waals surface area contributed by atoms with Crippen molar-refractivity contribution in [3.05, 3.63) is 0 Å². The first-order valence-electron chi connectivity index (χ1n) is 6.79. The summed E-state index contributed by atoms with van der Waals surface area (Å²) in [5.41, 5.74) is 5.92. The van der Waals surface area contributed by atoms with Gasteiger partial charge in [-0.25, -0.2) is 8.42 Å². The molecule has 7 nitrogen and oxygen atoms in total. The van der Waals surface area contributed by atoms with Gasteiger partial charge >= 0.3 is 5.97 Å². The summed E-state index contributed by atoms with van der Waals surface area (Å²) in [5.74, 6) is -2.23. The number of carbonyl (C=O) groups excluding carboxylic acids is 1. The summed E-state index contributed by atoms with van der Waals surface area (Å²) in [5, 5.41) is -0.834. The minimum absolute atomic E-state index is 0.154.